The number of nitrogens with zero attached hydrogens (tertiary/aromatic N) is 2. The zero-order chi connectivity index (χ0) is 15.9. The fraction of sp³-hybridized carbons (Fsp3) is 0.667. The lowest BCUT2D eigenvalue weighted by Crippen LogP contribution is -2.37. The number of aliphatic imine (C=N–C) groups is 1. The average Bonchev–Trinajstić information content (AvgIpc) is 3.41. The number of hydrogen-bond donors (Lipinski definition) is 2. The molecule has 6 heteroatoms. The number of rotatable bonds is 6. The molecule has 0 amide bonds. The summed E-state index contributed by atoms with van der Waals surface area (Å²) in [5.41, 5.74) is 1.17. The molecule has 134 valence electrons. The highest BCUT2D eigenvalue weighted by Gasteiger charge is 2.21. The Bertz CT molecular complexity index is 528. The molecule has 2 saturated carbocycles. The second kappa shape index (κ2) is 10.1. The summed E-state index contributed by atoms with van der Waals surface area (Å²) < 4.78 is 6.03. The van der Waals surface area contributed by atoms with Gasteiger partial charge in [-0.3, -0.25) is 4.99 Å². The van der Waals surface area contributed by atoms with Gasteiger partial charge in [-0.2, -0.15) is 0 Å². The van der Waals surface area contributed by atoms with Crippen LogP contribution in [0.2, 0.25) is 0 Å². The first-order chi connectivity index (χ1) is 11.3. The number of aromatic nitrogens is 1. The molecule has 2 aliphatic rings. The highest BCUT2D eigenvalue weighted by atomic mass is 127. The van der Waals surface area contributed by atoms with E-state index in [1.54, 1.807) is 0 Å². The average molecular weight is 444 g/mol. The third-order valence-electron chi connectivity index (χ3n) is 4.58. The van der Waals surface area contributed by atoms with Crippen molar-refractivity contribution < 1.29 is 4.74 Å². The lowest BCUT2D eigenvalue weighted by molar-refractivity contribution is 0.148. The van der Waals surface area contributed by atoms with Crippen molar-refractivity contribution in [3.05, 3.63) is 23.9 Å². The molecular weight excluding hydrogens is 415 g/mol. The maximum Gasteiger partial charge on any atom is 0.213 e. The Kier molecular flexibility index (Phi) is 8.08. The highest BCUT2D eigenvalue weighted by molar-refractivity contribution is 14.0. The van der Waals surface area contributed by atoms with Crippen LogP contribution in [0.25, 0.3) is 0 Å². The zero-order valence-electron chi connectivity index (χ0n) is 14.5. The molecule has 5 nitrogen and oxygen atoms in total. The third kappa shape index (κ3) is 6.45. The zero-order valence-corrected chi connectivity index (χ0v) is 16.8. The number of nitrogens with one attached hydrogen (secondary N) is 2. The number of guanidine groups is 1. The van der Waals surface area contributed by atoms with Crippen molar-refractivity contribution >= 4 is 29.9 Å². The van der Waals surface area contributed by atoms with Gasteiger partial charge in [-0.15, -0.1) is 24.0 Å². The summed E-state index contributed by atoms with van der Waals surface area (Å²) in [6.45, 7) is 1.75. The Morgan fingerprint density at radius 1 is 1.21 bits per heavy atom. The molecule has 0 aliphatic heterocycles. The van der Waals surface area contributed by atoms with Gasteiger partial charge in [0, 0.05) is 32.4 Å². The van der Waals surface area contributed by atoms with E-state index in [0.29, 0.717) is 6.10 Å². The summed E-state index contributed by atoms with van der Waals surface area (Å²) in [5.74, 6) is 2.45. The SMILES string of the molecule is CN=C(NCc1ccnc(OC2CCCCC2)c1)NCC1CC1.I. The summed E-state index contributed by atoms with van der Waals surface area (Å²) in [7, 11) is 1.81. The summed E-state index contributed by atoms with van der Waals surface area (Å²) in [5, 5.41) is 6.73. The molecule has 0 saturated heterocycles. The number of ether oxygens (including phenoxy) is 1. The van der Waals surface area contributed by atoms with E-state index in [-0.39, 0.29) is 24.0 Å². The van der Waals surface area contributed by atoms with Crippen LogP contribution in [0.4, 0.5) is 0 Å². The van der Waals surface area contributed by atoms with E-state index in [1.807, 2.05) is 25.4 Å². The monoisotopic (exact) mass is 444 g/mol. The van der Waals surface area contributed by atoms with Crippen LogP contribution >= 0.6 is 24.0 Å². The van der Waals surface area contributed by atoms with Crippen LogP contribution in [0.15, 0.2) is 23.3 Å². The molecule has 0 radical (unpaired) electrons. The molecule has 0 aromatic carbocycles. The summed E-state index contributed by atoms with van der Waals surface area (Å²) in [6.07, 6.45) is 11.0. The second-order valence-corrected chi connectivity index (χ2v) is 6.63. The Hall–Kier alpha value is -1.05. The lowest BCUT2D eigenvalue weighted by atomic mass is 9.98. The van der Waals surface area contributed by atoms with Crippen LogP contribution in [-0.2, 0) is 6.54 Å². The van der Waals surface area contributed by atoms with Crippen LogP contribution in [0.1, 0.15) is 50.5 Å². The largest absolute Gasteiger partial charge is 0.474 e. The first kappa shape index (κ1) is 19.3. The van der Waals surface area contributed by atoms with Gasteiger partial charge in [0.25, 0.3) is 0 Å². The molecule has 2 fully saturated rings. The predicted octanol–water partition coefficient (Wildman–Crippen LogP) is 3.49. The van der Waals surface area contributed by atoms with Gasteiger partial charge in [0.05, 0.1) is 0 Å². The van der Waals surface area contributed by atoms with Gasteiger partial charge in [0.1, 0.15) is 6.10 Å². The molecule has 2 N–H and O–H groups in total. The normalized spacial score (nSPS) is 18.6. The van der Waals surface area contributed by atoms with Crippen LogP contribution in [0.5, 0.6) is 5.88 Å². The Labute approximate surface area is 162 Å². The predicted molar refractivity (Wildman–Crippen MR) is 108 cm³/mol. The standard InChI is InChI=1S/C18H28N4O.HI/c1-19-18(21-12-14-7-8-14)22-13-15-9-10-20-17(11-15)23-16-5-3-2-4-6-16;/h9-11,14,16H,2-8,12-13H2,1H3,(H2,19,21,22);1H. The van der Waals surface area contributed by atoms with Crippen LogP contribution in [-0.4, -0.2) is 30.6 Å². The molecule has 1 aromatic rings. The quantitative estimate of drug-likeness (QED) is 0.401. The second-order valence-electron chi connectivity index (χ2n) is 6.63. The number of halogens is 1. The molecule has 0 spiro atoms. The summed E-state index contributed by atoms with van der Waals surface area (Å²) in [4.78, 5) is 8.62. The van der Waals surface area contributed by atoms with Gasteiger partial charge < -0.3 is 15.4 Å². The molecule has 0 atom stereocenters. The van der Waals surface area contributed by atoms with Gasteiger partial charge in [0.15, 0.2) is 5.96 Å². The van der Waals surface area contributed by atoms with Gasteiger partial charge in [-0.25, -0.2) is 4.98 Å². The molecule has 1 aromatic heterocycles. The van der Waals surface area contributed by atoms with E-state index < -0.39 is 0 Å². The Morgan fingerprint density at radius 3 is 2.71 bits per heavy atom. The van der Waals surface area contributed by atoms with Gasteiger partial charge in [-0.1, -0.05) is 6.42 Å². The van der Waals surface area contributed by atoms with Crippen molar-refractivity contribution in [2.24, 2.45) is 10.9 Å². The van der Waals surface area contributed by atoms with Crippen molar-refractivity contribution in [1.29, 1.82) is 0 Å². The van der Waals surface area contributed by atoms with E-state index in [4.69, 9.17) is 4.74 Å². The van der Waals surface area contributed by atoms with Crippen LogP contribution < -0.4 is 15.4 Å². The van der Waals surface area contributed by atoms with Crippen LogP contribution in [0, 0.1) is 5.92 Å². The first-order valence-electron chi connectivity index (χ1n) is 8.89. The molecular formula is C18H29IN4O. The smallest absolute Gasteiger partial charge is 0.213 e. The molecule has 3 rings (SSSR count). The van der Waals surface area contributed by atoms with E-state index >= 15 is 0 Å². The van der Waals surface area contributed by atoms with Crippen molar-refractivity contribution in [3.63, 3.8) is 0 Å². The fourth-order valence-corrected chi connectivity index (χ4v) is 2.95. The summed E-state index contributed by atoms with van der Waals surface area (Å²) in [6, 6.07) is 4.06. The maximum atomic E-state index is 6.03. The number of hydrogen-bond acceptors (Lipinski definition) is 3. The Morgan fingerprint density at radius 2 is 2.00 bits per heavy atom. The fourth-order valence-electron chi connectivity index (χ4n) is 2.95. The van der Waals surface area contributed by atoms with E-state index in [9.17, 15) is 0 Å². The molecule has 1 heterocycles. The van der Waals surface area contributed by atoms with E-state index in [0.717, 1.165) is 43.7 Å². The first-order valence-corrected chi connectivity index (χ1v) is 8.89. The van der Waals surface area contributed by atoms with E-state index in [1.165, 1.54) is 37.7 Å². The Balaban J connectivity index is 0.00000208. The maximum absolute atomic E-state index is 6.03. The summed E-state index contributed by atoms with van der Waals surface area (Å²) >= 11 is 0. The van der Waals surface area contributed by atoms with Crippen LogP contribution in [0.3, 0.4) is 0 Å². The van der Waals surface area contributed by atoms with Gasteiger partial charge in [0.2, 0.25) is 5.88 Å². The molecule has 0 bridgehead atoms. The minimum atomic E-state index is 0. The lowest BCUT2D eigenvalue weighted by Gasteiger charge is -2.22. The van der Waals surface area contributed by atoms with Gasteiger partial charge in [-0.05, 0) is 56.1 Å². The van der Waals surface area contributed by atoms with Crippen molar-refractivity contribution in [1.82, 2.24) is 15.6 Å². The van der Waals surface area contributed by atoms with Crippen molar-refractivity contribution in [2.45, 2.75) is 57.6 Å². The molecule has 0 unspecified atom stereocenters. The van der Waals surface area contributed by atoms with Gasteiger partial charge >= 0.3 is 0 Å². The minimum absolute atomic E-state index is 0. The van der Waals surface area contributed by atoms with E-state index in [2.05, 4.69) is 20.6 Å². The molecule has 24 heavy (non-hydrogen) atoms. The number of pyridine rings is 1. The molecule has 2 aliphatic carbocycles. The third-order valence-corrected chi connectivity index (χ3v) is 4.58. The van der Waals surface area contributed by atoms with Crippen molar-refractivity contribution in [3.8, 4) is 5.88 Å². The van der Waals surface area contributed by atoms with Crippen molar-refractivity contribution in [2.75, 3.05) is 13.6 Å². The topological polar surface area (TPSA) is 58.5 Å². The minimum Gasteiger partial charge on any atom is -0.474 e. The highest BCUT2D eigenvalue weighted by Crippen LogP contribution is 2.27.